The third-order valence-corrected chi connectivity index (χ3v) is 8.10. The second-order valence-corrected chi connectivity index (χ2v) is 11.2. The van der Waals surface area contributed by atoms with E-state index in [1.165, 1.54) is 6.42 Å². The number of ketones is 1. The molecule has 6 heteroatoms. The van der Waals surface area contributed by atoms with Gasteiger partial charge in [0.15, 0.2) is 15.6 Å². The third kappa shape index (κ3) is 6.50. The standard InChI is InChI=1S/C25H31NO4S/c1-18(2)31(29,30)17-20-8-12-21(13-9-20)24(27)16-19-10-14-23(15-11-19)26-25(28)22-6-4-3-5-7-22/h8-15,18,22H,3-7,16-17H2,1-2H3,(H,26,28). The first kappa shape index (κ1) is 23.2. The summed E-state index contributed by atoms with van der Waals surface area (Å²) in [6, 6.07) is 14.2. The molecular formula is C25H31NO4S. The van der Waals surface area contributed by atoms with Crippen LogP contribution in [0.2, 0.25) is 0 Å². The second kappa shape index (κ2) is 10.2. The van der Waals surface area contributed by atoms with Gasteiger partial charge in [0.1, 0.15) is 0 Å². The molecule has 1 fully saturated rings. The zero-order chi connectivity index (χ0) is 22.4. The molecule has 0 spiro atoms. The molecule has 0 aromatic heterocycles. The molecule has 5 nitrogen and oxygen atoms in total. The molecule has 1 saturated carbocycles. The van der Waals surface area contributed by atoms with Gasteiger partial charge in [-0.15, -0.1) is 0 Å². The summed E-state index contributed by atoms with van der Waals surface area (Å²) >= 11 is 0. The number of hydrogen-bond donors (Lipinski definition) is 1. The van der Waals surface area contributed by atoms with Crippen LogP contribution in [0.1, 0.15) is 67.4 Å². The zero-order valence-corrected chi connectivity index (χ0v) is 19.1. The van der Waals surface area contributed by atoms with E-state index in [1.807, 2.05) is 24.3 Å². The van der Waals surface area contributed by atoms with Gasteiger partial charge >= 0.3 is 0 Å². The molecule has 3 rings (SSSR count). The number of amides is 1. The van der Waals surface area contributed by atoms with Crippen LogP contribution in [-0.4, -0.2) is 25.4 Å². The van der Waals surface area contributed by atoms with E-state index in [0.29, 0.717) is 11.1 Å². The Bertz CT molecular complexity index is 1000. The van der Waals surface area contributed by atoms with Crippen LogP contribution in [0.4, 0.5) is 5.69 Å². The maximum absolute atomic E-state index is 12.6. The van der Waals surface area contributed by atoms with Gasteiger partial charge in [0.2, 0.25) is 5.91 Å². The second-order valence-electron chi connectivity index (χ2n) is 8.67. The molecule has 0 heterocycles. The van der Waals surface area contributed by atoms with E-state index in [9.17, 15) is 18.0 Å². The van der Waals surface area contributed by atoms with Gasteiger partial charge in [0, 0.05) is 23.6 Å². The van der Waals surface area contributed by atoms with Crippen molar-refractivity contribution in [3.63, 3.8) is 0 Å². The molecule has 1 amide bonds. The predicted molar refractivity (Wildman–Crippen MR) is 124 cm³/mol. The van der Waals surface area contributed by atoms with Crippen molar-refractivity contribution in [1.29, 1.82) is 0 Å². The monoisotopic (exact) mass is 441 g/mol. The average molecular weight is 442 g/mol. The van der Waals surface area contributed by atoms with Crippen molar-refractivity contribution in [3.8, 4) is 0 Å². The lowest BCUT2D eigenvalue weighted by atomic mass is 9.88. The van der Waals surface area contributed by atoms with Crippen LogP contribution in [0, 0.1) is 5.92 Å². The van der Waals surface area contributed by atoms with Gasteiger partial charge in [-0.3, -0.25) is 9.59 Å². The highest BCUT2D eigenvalue weighted by Crippen LogP contribution is 2.25. The van der Waals surface area contributed by atoms with Crippen molar-refractivity contribution in [3.05, 3.63) is 65.2 Å². The van der Waals surface area contributed by atoms with Crippen LogP contribution in [0.3, 0.4) is 0 Å². The molecular weight excluding hydrogens is 410 g/mol. The van der Waals surface area contributed by atoms with Crippen LogP contribution in [-0.2, 0) is 26.8 Å². The van der Waals surface area contributed by atoms with Crippen LogP contribution in [0.5, 0.6) is 0 Å². The summed E-state index contributed by atoms with van der Waals surface area (Å²) in [6.07, 6.45) is 5.62. The van der Waals surface area contributed by atoms with Gasteiger partial charge in [0.25, 0.3) is 0 Å². The fourth-order valence-corrected chi connectivity index (χ4v) is 4.78. The summed E-state index contributed by atoms with van der Waals surface area (Å²) in [7, 11) is -3.17. The van der Waals surface area contributed by atoms with Crippen LogP contribution < -0.4 is 5.32 Å². The minimum atomic E-state index is -3.17. The quantitative estimate of drug-likeness (QED) is 0.588. The van der Waals surface area contributed by atoms with E-state index in [2.05, 4.69) is 5.32 Å². The van der Waals surface area contributed by atoms with Crippen molar-refractivity contribution in [2.45, 2.75) is 63.4 Å². The number of nitrogens with one attached hydrogen (secondary N) is 1. The normalized spacial score (nSPS) is 15.1. The molecule has 0 bridgehead atoms. The smallest absolute Gasteiger partial charge is 0.227 e. The molecule has 0 saturated heterocycles. The van der Waals surface area contributed by atoms with E-state index in [1.54, 1.807) is 38.1 Å². The van der Waals surface area contributed by atoms with E-state index < -0.39 is 15.1 Å². The number of hydrogen-bond acceptors (Lipinski definition) is 4. The van der Waals surface area contributed by atoms with Gasteiger partial charge in [0.05, 0.1) is 11.0 Å². The summed E-state index contributed by atoms with van der Waals surface area (Å²) < 4.78 is 24.1. The molecule has 2 aromatic rings. The van der Waals surface area contributed by atoms with E-state index in [4.69, 9.17) is 0 Å². The summed E-state index contributed by atoms with van der Waals surface area (Å²) in [5.74, 6) is 0.140. The topological polar surface area (TPSA) is 80.3 Å². The van der Waals surface area contributed by atoms with Gasteiger partial charge in [-0.2, -0.15) is 0 Å². The SMILES string of the molecule is CC(C)S(=O)(=O)Cc1ccc(C(=O)Cc2ccc(NC(=O)C3CCCCC3)cc2)cc1. The fourth-order valence-electron chi connectivity index (χ4n) is 3.79. The number of Topliss-reactive ketones (excluding diaryl/α,β-unsaturated/α-hetero) is 1. The first-order valence-electron chi connectivity index (χ1n) is 11.0. The van der Waals surface area contributed by atoms with Gasteiger partial charge in [-0.1, -0.05) is 55.7 Å². The number of carbonyl (C=O) groups is 2. The average Bonchev–Trinajstić information content (AvgIpc) is 2.76. The summed E-state index contributed by atoms with van der Waals surface area (Å²) in [6.45, 7) is 3.33. The maximum Gasteiger partial charge on any atom is 0.227 e. The third-order valence-electron chi connectivity index (χ3n) is 5.92. The van der Waals surface area contributed by atoms with Crippen LogP contribution in [0.25, 0.3) is 0 Å². The van der Waals surface area contributed by atoms with Crippen molar-refractivity contribution < 1.29 is 18.0 Å². The molecule has 166 valence electrons. The highest BCUT2D eigenvalue weighted by molar-refractivity contribution is 7.91. The minimum Gasteiger partial charge on any atom is -0.326 e. The fraction of sp³-hybridized carbons (Fsp3) is 0.440. The lowest BCUT2D eigenvalue weighted by Gasteiger charge is -2.20. The highest BCUT2D eigenvalue weighted by Gasteiger charge is 2.21. The molecule has 0 aliphatic heterocycles. The summed E-state index contributed by atoms with van der Waals surface area (Å²) in [5.41, 5.74) is 2.86. The Hall–Kier alpha value is -2.47. The van der Waals surface area contributed by atoms with Crippen molar-refractivity contribution in [1.82, 2.24) is 0 Å². The summed E-state index contributed by atoms with van der Waals surface area (Å²) in [5, 5.41) is 2.56. The Morgan fingerprint density at radius 1 is 0.903 bits per heavy atom. The van der Waals surface area contributed by atoms with E-state index in [-0.39, 0.29) is 29.8 Å². The molecule has 1 aliphatic rings. The van der Waals surface area contributed by atoms with Crippen molar-refractivity contribution in [2.24, 2.45) is 5.92 Å². The Balaban J connectivity index is 1.56. The number of rotatable bonds is 8. The van der Waals surface area contributed by atoms with Crippen LogP contribution >= 0.6 is 0 Å². The van der Waals surface area contributed by atoms with Gasteiger partial charge in [-0.25, -0.2) is 8.42 Å². The molecule has 2 aromatic carbocycles. The number of benzene rings is 2. The largest absolute Gasteiger partial charge is 0.326 e. The molecule has 1 aliphatic carbocycles. The molecule has 31 heavy (non-hydrogen) atoms. The van der Waals surface area contributed by atoms with E-state index in [0.717, 1.165) is 36.9 Å². The zero-order valence-electron chi connectivity index (χ0n) is 18.3. The lowest BCUT2D eigenvalue weighted by molar-refractivity contribution is -0.120. The predicted octanol–water partition coefficient (Wildman–Crippen LogP) is 4.95. The van der Waals surface area contributed by atoms with Crippen LogP contribution in [0.15, 0.2) is 48.5 Å². The Morgan fingerprint density at radius 2 is 1.48 bits per heavy atom. The Kier molecular flexibility index (Phi) is 7.65. The Morgan fingerprint density at radius 3 is 2.06 bits per heavy atom. The van der Waals surface area contributed by atoms with Gasteiger partial charge in [-0.05, 0) is 49.9 Å². The van der Waals surface area contributed by atoms with E-state index >= 15 is 0 Å². The van der Waals surface area contributed by atoms with Gasteiger partial charge < -0.3 is 5.32 Å². The first-order chi connectivity index (χ1) is 14.7. The minimum absolute atomic E-state index is 0.0207. The Labute approximate surface area is 185 Å². The summed E-state index contributed by atoms with van der Waals surface area (Å²) in [4.78, 5) is 25.0. The lowest BCUT2D eigenvalue weighted by Crippen LogP contribution is -2.24. The highest BCUT2D eigenvalue weighted by atomic mass is 32.2. The number of carbonyl (C=O) groups excluding carboxylic acids is 2. The number of anilines is 1. The molecule has 0 unspecified atom stereocenters. The molecule has 0 radical (unpaired) electrons. The maximum atomic E-state index is 12.6. The van der Waals surface area contributed by atoms with Crippen molar-refractivity contribution in [2.75, 3.05) is 5.32 Å². The molecule has 1 N–H and O–H groups in total. The molecule has 0 atom stereocenters. The first-order valence-corrected chi connectivity index (χ1v) is 12.7. The van der Waals surface area contributed by atoms with Crippen molar-refractivity contribution >= 4 is 27.2 Å². The number of sulfone groups is 1.